The van der Waals surface area contributed by atoms with Crippen LogP contribution in [0.3, 0.4) is 0 Å². The monoisotopic (exact) mass is 395 g/mol. The third-order valence-corrected chi connectivity index (χ3v) is 5.74. The Balaban J connectivity index is 3.30. The fourth-order valence-corrected chi connectivity index (χ4v) is 4.08. The first-order chi connectivity index (χ1) is 12.4. The molecule has 3 N–H and O–H groups in total. The normalized spacial score (nSPS) is 13.5. The van der Waals surface area contributed by atoms with Crippen LogP contribution in [0.2, 0.25) is 0 Å². The summed E-state index contributed by atoms with van der Waals surface area (Å²) in [5.74, 6) is 0.319. The highest BCUT2D eigenvalue weighted by atomic mass is 32.2. The average molecular weight is 396 g/mol. The topological polar surface area (TPSA) is 69.6 Å². The van der Waals surface area contributed by atoms with Crippen molar-refractivity contribution in [2.45, 2.75) is 88.7 Å². The minimum atomic E-state index is -0.207. The highest BCUT2D eigenvalue weighted by molar-refractivity contribution is 8.00. The number of hydrogen-bond donors (Lipinski definition) is 3. The van der Waals surface area contributed by atoms with Gasteiger partial charge in [-0.05, 0) is 29.4 Å². The molecule has 4 nitrogen and oxygen atoms in total. The van der Waals surface area contributed by atoms with Crippen LogP contribution < -0.4 is 5.32 Å². The van der Waals surface area contributed by atoms with Gasteiger partial charge >= 0.3 is 0 Å². The molecule has 0 saturated carbocycles. The first-order valence-corrected chi connectivity index (χ1v) is 10.7. The van der Waals surface area contributed by atoms with E-state index in [1.54, 1.807) is 11.8 Å². The number of phenolic OH excluding ortho intramolecular Hbond substituents is 1. The number of thioether (sulfide) groups is 1. The van der Waals surface area contributed by atoms with E-state index in [0.29, 0.717) is 5.75 Å². The largest absolute Gasteiger partial charge is 0.507 e. The van der Waals surface area contributed by atoms with Crippen LogP contribution in [0.15, 0.2) is 17.0 Å². The summed E-state index contributed by atoms with van der Waals surface area (Å²) in [4.78, 5) is 13.6. The van der Waals surface area contributed by atoms with Gasteiger partial charge < -0.3 is 15.5 Å². The molecular weight excluding hydrogens is 358 g/mol. The van der Waals surface area contributed by atoms with Crippen molar-refractivity contribution >= 4 is 17.7 Å². The van der Waals surface area contributed by atoms with Gasteiger partial charge in [-0.2, -0.15) is 0 Å². The second-order valence-electron chi connectivity index (χ2n) is 9.13. The van der Waals surface area contributed by atoms with Gasteiger partial charge in [-0.15, -0.1) is 11.8 Å². The third kappa shape index (κ3) is 7.04. The summed E-state index contributed by atoms with van der Waals surface area (Å²) >= 11 is 1.55. The maximum absolute atomic E-state index is 12.6. The molecule has 1 amide bonds. The third-order valence-electron chi connectivity index (χ3n) is 4.50. The van der Waals surface area contributed by atoms with Crippen molar-refractivity contribution in [3.05, 3.63) is 23.3 Å². The Morgan fingerprint density at radius 1 is 1.11 bits per heavy atom. The summed E-state index contributed by atoms with van der Waals surface area (Å²) < 4.78 is 0. The second kappa shape index (κ2) is 9.83. The zero-order valence-corrected chi connectivity index (χ0v) is 18.8. The molecule has 0 fully saturated rings. The molecule has 0 aliphatic heterocycles. The van der Waals surface area contributed by atoms with E-state index < -0.39 is 0 Å². The van der Waals surface area contributed by atoms with E-state index in [1.165, 1.54) is 0 Å². The number of rotatable bonds is 8. The lowest BCUT2D eigenvalue weighted by Gasteiger charge is -2.28. The highest BCUT2D eigenvalue weighted by Crippen LogP contribution is 2.42. The highest BCUT2D eigenvalue weighted by Gasteiger charge is 2.28. The predicted octanol–water partition coefficient (Wildman–Crippen LogP) is 4.75. The van der Waals surface area contributed by atoms with Crippen LogP contribution >= 0.6 is 11.8 Å². The smallest absolute Gasteiger partial charge is 0.233 e. The lowest BCUT2D eigenvalue weighted by molar-refractivity contribution is -0.120. The molecule has 1 unspecified atom stereocenters. The van der Waals surface area contributed by atoms with E-state index in [4.69, 9.17) is 5.11 Å². The number of aliphatic hydroxyl groups excluding tert-OH is 1. The van der Waals surface area contributed by atoms with Crippen molar-refractivity contribution in [3.8, 4) is 5.75 Å². The van der Waals surface area contributed by atoms with Crippen LogP contribution in [-0.4, -0.2) is 34.5 Å². The number of hydrogen-bond acceptors (Lipinski definition) is 4. The van der Waals surface area contributed by atoms with E-state index in [0.717, 1.165) is 35.3 Å². The molecule has 0 aliphatic carbocycles. The molecule has 0 aromatic heterocycles. The molecular formula is C22H37NO3S. The van der Waals surface area contributed by atoms with Crippen LogP contribution in [0.25, 0.3) is 0 Å². The first kappa shape index (κ1) is 23.8. The summed E-state index contributed by atoms with van der Waals surface area (Å²) in [6.07, 6.45) is 2.79. The number of unbranched alkanes of at least 4 members (excludes halogenated alkanes) is 1. The molecule has 1 rings (SSSR count). The molecule has 0 spiro atoms. The summed E-state index contributed by atoms with van der Waals surface area (Å²) in [6, 6.07) is 4.04. The van der Waals surface area contributed by atoms with Gasteiger partial charge in [0.25, 0.3) is 0 Å². The van der Waals surface area contributed by atoms with E-state index in [2.05, 4.69) is 53.8 Å². The molecule has 0 aliphatic rings. The molecule has 0 radical (unpaired) electrons. The number of amides is 1. The number of nitrogens with one attached hydrogen (secondary N) is 1. The Bertz CT molecular complexity index is 594. The summed E-state index contributed by atoms with van der Waals surface area (Å²) in [5.41, 5.74) is 1.42. The number of carbonyl (C=O) groups is 1. The van der Waals surface area contributed by atoms with Crippen LogP contribution in [0, 0.1) is 0 Å². The van der Waals surface area contributed by atoms with Gasteiger partial charge in [-0.1, -0.05) is 61.3 Å². The molecule has 1 atom stereocenters. The zero-order valence-electron chi connectivity index (χ0n) is 18.0. The minimum Gasteiger partial charge on any atom is -0.507 e. The van der Waals surface area contributed by atoms with E-state index in [-0.39, 0.29) is 35.1 Å². The number of carbonyl (C=O) groups excluding carboxylic acids is 1. The first-order valence-electron chi connectivity index (χ1n) is 9.85. The van der Waals surface area contributed by atoms with Crippen LogP contribution in [0.5, 0.6) is 5.75 Å². The van der Waals surface area contributed by atoms with Crippen molar-refractivity contribution in [2.24, 2.45) is 0 Å². The summed E-state index contributed by atoms with van der Waals surface area (Å²) in [5, 5.41) is 22.5. The number of phenols is 1. The lowest BCUT2D eigenvalue weighted by Crippen LogP contribution is -2.34. The Kier molecular flexibility index (Phi) is 8.68. The van der Waals surface area contributed by atoms with E-state index >= 15 is 0 Å². The number of aromatic hydroxyl groups is 1. The van der Waals surface area contributed by atoms with Crippen LogP contribution in [0.4, 0.5) is 0 Å². The Morgan fingerprint density at radius 3 is 2.04 bits per heavy atom. The maximum atomic E-state index is 12.6. The van der Waals surface area contributed by atoms with Gasteiger partial charge in [0.1, 0.15) is 5.75 Å². The fourth-order valence-electron chi connectivity index (χ4n) is 2.91. The molecule has 0 bridgehead atoms. The quantitative estimate of drug-likeness (QED) is 0.556. The van der Waals surface area contributed by atoms with Crippen LogP contribution in [0.1, 0.15) is 78.9 Å². The summed E-state index contributed by atoms with van der Waals surface area (Å²) in [6.45, 7) is 14.9. The molecule has 5 heteroatoms. The molecule has 0 saturated heterocycles. The standard InChI is InChI=1S/C22H37NO3S/c1-8-9-10-18(20(26)23-11-12-24)27-15-13-16(21(2,3)4)19(25)17(14-15)22(5,6)7/h13-14,18,24-25H,8-12H2,1-7H3,(H,23,26). The molecule has 0 heterocycles. The molecule has 1 aromatic carbocycles. The molecule has 154 valence electrons. The SMILES string of the molecule is CCCCC(Sc1cc(C(C)(C)C)c(O)c(C(C)(C)C)c1)C(=O)NCCO. The Morgan fingerprint density at radius 2 is 1.63 bits per heavy atom. The van der Waals surface area contributed by atoms with E-state index in [1.807, 2.05) is 12.1 Å². The van der Waals surface area contributed by atoms with Crippen molar-refractivity contribution in [1.82, 2.24) is 5.32 Å². The van der Waals surface area contributed by atoms with Crippen molar-refractivity contribution in [2.75, 3.05) is 13.2 Å². The molecule has 1 aromatic rings. The number of aliphatic hydroxyl groups is 1. The van der Waals surface area contributed by atoms with Crippen molar-refractivity contribution in [1.29, 1.82) is 0 Å². The van der Waals surface area contributed by atoms with Gasteiger partial charge in [0, 0.05) is 22.6 Å². The molecule has 27 heavy (non-hydrogen) atoms. The van der Waals surface area contributed by atoms with Crippen molar-refractivity contribution < 1.29 is 15.0 Å². The lowest BCUT2D eigenvalue weighted by atomic mass is 9.79. The second-order valence-corrected chi connectivity index (χ2v) is 10.4. The van der Waals surface area contributed by atoms with Gasteiger partial charge in [-0.3, -0.25) is 4.79 Å². The minimum absolute atomic E-state index is 0.0369. The van der Waals surface area contributed by atoms with Gasteiger partial charge in [-0.25, -0.2) is 0 Å². The zero-order chi connectivity index (χ0) is 20.8. The van der Waals surface area contributed by atoms with Gasteiger partial charge in [0.2, 0.25) is 5.91 Å². The predicted molar refractivity (Wildman–Crippen MR) is 115 cm³/mol. The van der Waals surface area contributed by atoms with Gasteiger partial charge in [0.15, 0.2) is 0 Å². The van der Waals surface area contributed by atoms with E-state index in [9.17, 15) is 9.90 Å². The summed E-state index contributed by atoms with van der Waals surface area (Å²) in [7, 11) is 0. The average Bonchev–Trinajstić information content (AvgIpc) is 2.55. The van der Waals surface area contributed by atoms with Crippen molar-refractivity contribution in [3.63, 3.8) is 0 Å². The number of benzene rings is 1. The maximum Gasteiger partial charge on any atom is 0.233 e. The Hall–Kier alpha value is -1.20. The Labute approximate surface area is 169 Å². The fraction of sp³-hybridized carbons (Fsp3) is 0.682. The van der Waals surface area contributed by atoms with Gasteiger partial charge in [0.05, 0.1) is 11.9 Å². The van der Waals surface area contributed by atoms with Crippen LogP contribution in [-0.2, 0) is 15.6 Å².